The van der Waals surface area contributed by atoms with Crippen molar-refractivity contribution >= 4 is 0 Å². The molecule has 0 saturated carbocycles. The first-order chi connectivity index (χ1) is 6.85. The molecule has 0 heterocycles. The van der Waals surface area contributed by atoms with Gasteiger partial charge in [0.05, 0.1) is 28.2 Å². The highest BCUT2D eigenvalue weighted by atomic mass is 15.2. The van der Waals surface area contributed by atoms with Gasteiger partial charge >= 0.3 is 0 Å². The molecule has 0 unspecified atom stereocenters. The third kappa shape index (κ3) is 24.9. The molecule has 0 aliphatic heterocycles. The highest BCUT2D eigenvalue weighted by molar-refractivity contribution is 4.53. The maximum atomic E-state index is 2.54. The fourth-order valence-electron chi connectivity index (χ4n) is 1.28. The first kappa shape index (κ1) is 17.3. The molecule has 94 valence electrons. The molecular weight excluding hydrogens is 184 g/mol. The summed E-state index contributed by atoms with van der Waals surface area (Å²) in [6.45, 7) is 10.6. The normalized spacial score (nSPS) is 11.2. The van der Waals surface area contributed by atoms with Gasteiger partial charge in [-0.3, -0.25) is 0 Å². The van der Waals surface area contributed by atoms with Crippen LogP contribution in [-0.4, -0.2) is 57.2 Å². The summed E-state index contributed by atoms with van der Waals surface area (Å²) in [5.74, 6) is 0. The third-order valence-electron chi connectivity index (χ3n) is 1.62. The van der Waals surface area contributed by atoms with E-state index in [9.17, 15) is 0 Å². The van der Waals surface area contributed by atoms with Gasteiger partial charge in [-0.1, -0.05) is 20.8 Å². The topological polar surface area (TPSA) is 3.24 Å². The van der Waals surface area contributed by atoms with E-state index in [0.29, 0.717) is 0 Å². The van der Waals surface area contributed by atoms with Gasteiger partial charge in [0.15, 0.2) is 0 Å². The van der Waals surface area contributed by atoms with Crippen molar-refractivity contribution in [2.45, 2.75) is 40.0 Å². The number of rotatable bonds is 6. The van der Waals surface area contributed by atoms with Crippen molar-refractivity contribution in [2.24, 2.45) is 0 Å². The van der Waals surface area contributed by atoms with Gasteiger partial charge in [0.1, 0.15) is 0 Å². The Hall–Kier alpha value is -0.0800. The lowest BCUT2D eigenvalue weighted by Gasteiger charge is -2.19. The van der Waals surface area contributed by atoms with Gasteiger partial charge in [-0.2, -0.15) is 0 Å². The Morgan fingerprint density at radius 1 is 0.667 bits per heavy atom. The molecule has 0 aliphatic carbocycles. The van der Waals surface area contributed by atoms with E-state index in [1.165, 1.54) is 38.9 Å². The molecule has 0 N–H and O–H groups in total. The molecule has 2 heteroatoms. The molecule has 0 rings (SSSR count). The van der Waals surface area contributed by atoms with Gasteiger partial charge in [0.25, 0.3) is 0 Å². The van der Waals surface area contributed by atoms with Gasteiger partial charge in [-0.05, 0) is 38.9 Å². The lowest BCUT2D eigenvalue weighted by Crippen LogP contribution is -2.27. The van der Waals surface area contributed by atoms with Crippen LogP contribution in [0.2, 0.25) is 0 Å². The lowest BCUT2D eigenvalue weighted by atomic mass is 10.3. The summed E-state index contributed by atoms with van der Waals surface area (Å²) in [6.07, 6.45) is 3.88. The minimum absolute atomic E-state index is 1.00. The Bertz CT molecular complexity index is 95.9. The minimum atomic E-state index is 1.00. The van der Waals surface area contributed by atoms with E-state index in [1.807, 2.05) is 0 Å². The summed E-state index contributed by atoms with van der Waals surface area (Å²) in [5.41, 5.74) is 0. The molecule has 0 saturated heterocycles. The minimum Gasteiger partial charge on any atom is -0.333 e. The van der Waals surface area contributed by atoms with E-state index in [1.54, 1.807) is 0 Å². The number of quaternary nitrogens is 1. The standard InChI is InChI=1S/C9H21N.C4H12N/c1-4-7-10(8-5-2)9-6-3;1-5(2,3)4/h4-9H2,1-3H3;1-4H3/q;+1. The Morgan fingerprint density at radius 3 is 1.00 bits per heavy atom. The van der Waals surface area contributed by atoms with Gasteiger partial charge < -0.3 is 9.38 Å². The van der Waals surface area contributed by atoms with Crippen LogP contribution in [0.5, 0.6) is 0 Å². The van der Waals surface area contributed by atoms with Crippen molar-refractivity contribution in [3.05, 3.63) is 0 Å². The third-order valence-corrected chi connectivity index (χ3v) is 1.62. The molecule has 0 aromatic heterocycles. The molecule has 0 bridgehead atoms. The summed E-state index contributed by atoms with van der Waals surface area (Å²) < 4.78 is 1.00. The van der Waals surface area contributed by atoms with Crippen molar-refractivity contribution in [2.75, 3.05) is 47.8 Å². The van der Waals surface area contributed by atoms with Crippen molar-refractivity contribution in [1.82, 2.24) is 4.90 Å². The fourth-order valence-corrected chi connectivity index (χ4v) is 1.28. The maximum absolute atomic E-state index is 2.54. The first-order valence-corrected chi connectivity index (χ1v) is 6.36. The molecule has 0 fully saturated rings. The van der Waals surface area contributed by atoms with E-state index < -0.39 is 0 Å². The van der Waals surface area contributed by atoms with Gasteiger partial charge in [0, 0.05) is 0 Å². The van der Waals surface area contributed by atoms with E-state index in [0.717, 1.165) is 4.48 Å². The summed E-state index contributed by atoms with van der Waals surface area (Å²) in [5, 5.41) is 0. The maximum Gasteiger partial charge on any atom is 0.0675 e. The second-order valence-electron chi connectivity index (χ2n) is 5.52. The SMILES string of the molecule is CCCN(CCC)CCC.C[N+](C)(C)C. The number of hydrogen-bond acceptors (Lipinski definition) is 1. The second kappa shape index (κ2) is 10.4. The molecule has 0 amide bonds. The van der Waals surface area contributed by atoms with Crippen LogP contribution < -0.4 is 0 Å². The van der Waals surface area contributed by atoms with Crippen LogP contribution in [0, 0.1) is 0 Å². The zero-order valence-electron chi connectivity index (χ0n) is 12.1. The summed E-state index contributed by atoms with van der Waals surface area (Å²) in [4.78, 5) is 2.54. The quantitative estimate of drug-likeness (QED) is 0.618. The van der Waals surface area contributed by atoms with E-state index in [4.69, 9.17) is 0 Å². The Labute approximate surface area is 97.9 Å². The predicted molar refractivity (Wildman–Crippen MR) is 71.3 cm³/mol. The fraction of sp³-hybridized carbons (Fsp3) is 1.00. The first-order valence-electron chi connectivity index (χ1n) is 6.36. The van der Waals surface area contributed by atoms with Crippen LogP contribution in [0.4, 0.5) is 0 Å². The predicted octanol–water partition coefficient (Wildman–Crippen LogP) is 2.84. The average Bonchev–Trinajstić information content (AvgIpc) is 2.02. The van der Waals surface area contributed by atoms with E-state index in [-0.39, 0.29) is 0 Å². The van der Waals surface area contributed by atoms with Crippen LogP contribution in [0.1, 0.15) is 40.0 Å². The van der Waals surface area contributed by atoms with E-state index >= 15 is 0 Å². The van der Waals surface area contributed by atoms with Crippen LogP contribution in [0.3, 0.4) is 0 Å². The van der Waals surface area contributed by atoms with Crippen LogP contribution >= 0.6 is 0 Å². The van der Waals surface area contributed by atoms with E-state index in [2.05, 4.69) is 53.9 Å². The largest absolute Gasteiger partial charge is 0.333 e. The van der Waals surface area contributed by atoms with Gasteiger partial charge in [-0.15, -0.1) is 0 Å². The number of nitrogens with zero attached hydrogens (tertiary/aromatic N) is 2. The molecule has 0 aliphatic rings. The summed E-state index contributed by atoms with van der Waals surface area (Å²) in [6, 6.07) is 0. The monoisotopic (exact) mass is 217 g/mol. The molecule has 15 heavy (non-hydrogen) atoms. The average molecular weight is 217 g/mol. The summed E-state index contributed by atoms with van der Waals surface area (Å²) in [7, 11) is 8.50. The Morgan fingerprint density at radius 2 is 0.867 bits per heavy atom. The Kier molecular flexibility index (Phi) is 12.1. The molecule has 0 aromatic carbocycles. The van der Waals surface area contributed by atoms with Gasteiger partial charge in [-0.25, -0.2) is 0 Å². The molecule has 2 nitrogen and oxygen atoms in total. The second-order valence-corrected chi connectivity index (χ2v) is 5.52. The summed E-state index contributed by atoms with van der Waals surface area (Å²) >= 11 is 0. The highest BCUT2D eigenvalue weighted by Gasteiger charge is 1.98. The number of hydrogen-bond donors (Lipinski definition) is 0. The molecule has 0 radical (unpaired) electrons. The molecule has 0 atom stereocenters. The van der Waals surface area contributed by atoms with Crippen LogP contribution in [0.15, 0.2) is 0 Å². The van der Waals surface area contributed by atoms with Crippen molar-refractivity contribution < 1.29 is 4.48 Å². The Balaban J connectivity index is 0. The smallest absolute Gasteiger partial charge is 0.0675 e. The van der Waals surface area contributed by atoms with Crippen molar-refractivity contribution in [3.63, 3.8) is 0 Å². The van der Waals surface area contributed by atoms with Crippen molar-refractivity contribution in [1.29, 1.82) is 0 Å². The zero-order valence-corrected chi connectivity index (χ0v) is 12.1. The van der Waals surface area contributed by atoms with Crippen molar-refractivity contribution in [3.8, 4) is 0 Å². The molecule has 0 aromatic rings. The lowest BCUT2D eigenvalue weighted by molar-refractivity contribution is -0.849. The highest BCUT2D eigenvalue weighted by Crippen LogP contribution is 1.94. The molecular formula is C13H33N2+. The van der Waals surface area contributed by atoms with Crippen LogP contribution in [-0.2, 0) is 0 Å². The zero-order chi connectivity index (χ0) is 12.3. The molecule has 0 spiro atoms. The van der Waals surface area contributed by atoms with Gasteiger partial charge in [0.2, 0.25) is 0 Å². The van der Waals surface area contributed by atoms with Crippen LogP contribution in [0.25, 0.3) is 0 Å².